The lowest BCUT2D eigenvalue weighted by molar-refractivity contribution is -0.162. The smallest absolute Gasteiger partial charge is 0.411 e. The van der Waals surface area contributed by atoms with E-state index in [0.717, 1.165) is 28.7 Å². The lowest BCUT2D eigenvalue weighted by Gasteiger charge is -2.36. The molecule has 3 rings (SSSR count). The second kappa shape index (κ2) is 14.5. The molecule has 39 heavy (non-hydrogen) atoms. The van der Waals surface area contributed by atoms with Crippen molar-refractivity contribution in [1.29, 1.82) is 0 Å². The number of carbonyl (C=O) groups is 2. The van der Waals surface area contributed by atoms with Gasteiger partial charge in [-0.05, 0) is 43.2 Å². The Bertz CT molecular complexity index is 1040. The summed E-state index contributed by atoms with van der Waals surface area (Å²) in [5, 5.41) is 0. The number of amides is 2. The topological polar surface area (TPSA) is 68.3 Å². The molecule has 1 aliphatic carbocycles. The number of carbonyl (C=O) groups excluding carboxylic acids is 2. The standard InChI is InChI=1S/C32H46N2O5/c1-8-23(6)20-34(21-29(37-9-2)38-10-3)31(35)28(19-22(4)5)33(7)32(36)39-30-26-17-13-11-15-24(26)25-16-12-14-18-27(25)30/h11-18,22-23,28-30H,8-10,19-21H2,1-7H3. The zero-order valence-electron chi connectivity index (χ0n) is 24.7. The fourth-order valence-electron chi connectivity index (χ4n) is 5.09. The highest BCUT2D eigenvalue weighted by Crippen LogP contribution is 2.45. The molecule has 7 heteroatoms. The molecule has 1 aliphatic rings. The van der Waals surface area contributed by atoms with Crippen LogP contribution >= 0.6 is 0 Å². The number of fused-ring (bicyclic) bond motifs is 3. The number of benzene rings is 2. The lowest BCUT2D eigenvalue weighted by atomic mass is 10.0. The first-order valence-corrected chi connectivity index (χ1v) is 14.3. The summed E-state index contributed by atoms with van der Waals surface area (Å²) >= 11 is 0. The number of hydrogen-bond acceptors (Lipinski definition) is 5. The third-order valence-corrected chi connectivity index (χ3v) is 7.35. The molecule has 0 saturated carbocycles. The molecule has 0 bridgehead atoms. The van der Waals surface area contributed by atoms with Crippen molar-refractivity contribution in [1.82, 2.24) is 9.80 Å². The molecule has 0 N–H and O–H groups in total. The van der Waals surface area contributed by atoms with Gasteiger partial charge in [0.2, 0.25) is 5.91 Å². The largest absolute Gasteiger partial charge is 0.436 e. The van der Waals surface area contributed by atoms with E-state index in [-0.39, 0.29) is 11.8 Å². The van der Waals surface area contributed by atoms with Crippen molar-refractivity contribution in [2.75, 3.05) is 33.4 Å². The monoisotopic (exact) mass is 538 g/mol. The van der Waals surface area contributed by atoms with Gasteiger partial charge >= 0.3 is 6.09 Å². The van der Waals surface area contributed by atoms with E-state index >= 15 is 0 Å². The Labute approximate surface area is 234 Å². The molecule has 214 valence electrons. The highest BCUT2D eigenvalue weighted by atomic mass is 16.7. The minimum absolute atomic E-state index is 0.111. The van der Waals surface area contributed by atoms with E-state index in [0.29, 0.717) is 38.6 Å². The molecule has 0 aliphatic heterocycles. The van der Waals surface area contributed by atoms with Gasteiger partial charge in [-0.15, -0.1) is 0 Å². The van der Waals surface area contributed by atoms with Crippen molar-refractivity contribution in [3.05, 3.63) is 59.7 Å². The van der Waals surface area contributed by atoms with E-state index in [1.807, 2.05) is 50.2 Å². The van der Waals surface area contributed by atoms with E-state index in [1.54, 1.807) is 11.9 Å². The molecule has 7 nitrogen and oxygen atoms in total. The predicted octanol–water partition coefficient (Wildman–Crippen LogP) is 6.51. The second-order valence-electron chi connectivity index (χ2n) is 10.8. The first-order valence-electron chi connectivity index (χ1n) is 14.3. The van der Waals surface area contributed by atoms with Crippen LogP contribution in [-0.4, -0.2) is 67.5 Å². The van der Waals surface area contributed by atoms with Crippen molar-refractivity contribution in [3.8, 4) is 11.1 Å². The Morgan fingerprint density at radius 3 is 1.87 bits per heavy atom. The Kier molecular flexibility index (Phi) is 11.4. The minimum atomic E-state index is -0.669. The van der Waals surface area contributed by atoms with Gasteiger partial charge in [-0.1, -0.05) is 82.6 Å². The maximum atomic E-state index is 14.1. The van der Waals surface area contributed by atoms with E-state index in [4.69, 9.17) is 14.2 Å². The molecule has 0 radical (unpaired) electrons. The molecule has 2 unspecified atom stereocenters. The van der Waals surface area contributed by atoms with E-state index in [9.17, 15) is 9.59 Å². The summed E-state index contributed by atoms with van der Waals surface area (Å²) in [7, 11) is 1.67. The van der Waals surface area contributed by atoms with Crippen LogP contribution in [0.3, 0.4) is 0 Å². The average molecular weight is 539 g/mol. The van der Waals surface area contributed by atoms with Gasteiger partial charge in [0.25, 0.3) is 0 Å². The summed E-state index contributed by atoms with van der Waals surface area (Å²) in [5.74, 6) is 0.378. The first kappa shape index (κ1) is 30.6. The van der Waals surface area contributed by atoms with Gasteiger partial charge in [0.05, 0.1) is 6.54 Å². The van der Waals surface area contributed by atoms with Crippen molar-refractivity contribution in [2.24, 2.45) is 11.8 Å². The average Bonchev–Trinajstić information content (AvgIpc) is 3.24. The van der Waals surface area contributed by atoms with Gasteiger partial charge in [0, 0.05) is 37.9 Å². The molecular weight excluding hydrogens is 492 g/mol. The van der Waals surface area contributed by atoms with Crippen molar-refractivity contribution in [2.45, 2.75) is 72.8 Å². The second-order valence-corrected chi connectivity index (χ2v) is 10.8. The molecule has 0 saturated heterocycles. The summed E-state index contributed by atoms with van der Waals surface area (Å²) in [6.07, 6.45) is -0.0895. The third kappa shape index (κ3) is 7.61. The summed E-state index contributed by atoms with van der Waals surface area (Å²) in [4.78, 5) is 31.1. The molecule has 0 heterocycles. The van der Waals surface area contributed by atoms with Crippen LogP contribution in [0.2, 0.25) is 0 Å². The van der Waals surface area contributed by atoms with Crippen LogP contribution in [0.5, 0.6) is 0 Å². The van der Waals surface area contributed by atoms with Crippen LogP contribution in [0.1, 0.15) is 71.6 Å². The summed E-state index contributed by atoms with van der Waals surface area (Å²) < 4.78 is 17.7. The minimum Gasteiger partial charge on any atom is -0.436 e. The van der Waals surface area contributed by atoms with Crippen LogP contribution in [0.4, 0.5) is 4.79 Å². The van der Waals surface area contributed by atoms with Crippen LogP contribution in [0, 0.1) is 11.8 Å². The fraction of sp³-hybridized carbons (Fsp3) is 0.562. The number of nitrogens with zero attached hydrogens (tertiary/aromatic N) is 2. The van der Waals surface area contributed by atoms with Gasteiger partial charge in [-0.3, -0.25) is 9.69 Å². The Morgan fingerprint density at radius 1 is 0.846 bits per heavy atom. The van der Waals surface area contributed by atoms with Gasteiger partial charge in [-0.2, -0.15) is 0 Å². The molecule has 0 aromatic heterocycles. The van der Waals surface area contributed by atoms with Gasteiger partial charge < -0.3 is 19.1 Å². The zero-order chi connectivity index (χ0) is 28.5. The molecule has 0 fully saturated rings. The third-order valence-electron chi connectivity index (χ3n) is 7.35. The predicted molar refractivity (Wildman–Crippen MR) is 154 cm³/mol. The Hall–Kier alpha value is -2.90. The fourth-order valence-corrected chi connectivity index (χ4v) is 5.09. The zero-order valence-corrected chi connectivity index (χ0v) is 24.7. The van der Waals surface area contributed by atoms with Crippen LogP contribution < -0.4 is 0 Å². The molecule has 0 spiro atoms. The number of rotatable bonds is 14. The van der Waals surface area contributed by atoms with Crippen molar-refractivity contribution in [3.63, 3.8) is 0 Å². The maximum absolute atomic E-state index is 14.1. The van der Waals surface area contributed by atoms with Crippen LogP contribution in [0.15, 0.2) is 48.5 Å². The molecular formula is C32H46N2O5. The Balaban J connectivity index is 1.86. The molecule has 2 amide bonds. The SMILES string of the molecule is CCOC(CN(CC(C)CC)C(=O)C(CC(C)C)N(C)C(=O)OC1c2ccccc2-c2ccccc21)OCC. The Morgan fingerprint density at radius 2 is 1.38 bits per heavy atom. The van der Waals surface area contributed by atoms with E-state index < -0.39 is 24.5 Å². The number of likely N-dealkylation sites (N-methyl/N-ethyl adjacent to an activating group) is 1. The van der Waals surface area contributed by atoms with Gasteiger partial charge in [0.15, 0.2) is 12.4 Å². The molecule has 2 aromatic carbocycles. The van der Waals surface area contributed by atoms with Gasteiger partial charge in [-0.25, -0.2) is 4.79 Å². The summed E-state index contributed by atoms with van der Waals surface area (Å²) in [6.45, 7) is 14.0. The van der Waals surface area contributed by atoms with E-state index in [2.05, 4.69) is 39.8 Å². The maximum Gasteiger partial charge on any atom is 0.411 e. The van der Waals surface area contributed by atoms with Crippen molar-refractivity contribution >= 4 is 12.0 Å². The summed E-state index contributed by atoms with van der Waals surface area (Å²) in [5.41, 5.74) is 4.06. The summed E-state index contributed by atoms with van der Waals surface area (Å²) in [6, 6.07) is 15.3. The van der Waals surface area contributed by atoms with Crippen LogP contribution in [0.25, 0.3) is 11.1 Å². The van der Waals surface area contributed by atoms with E-state index in [1.165, 1.54) is 4.90 Å². The normalized spacial score (nSPS) is 14.2. The highest BCUT2D eigenvalue weighted by Gasteiger charge is 2.37. The quantitative estimate of drug-likeness (QED) is 0.256. The number of hydrogen-bond donors (Lipinski definition) is 0. The highest BCUT2D eigenvalue weighted by molar-refractivity contribution is 5.86. The van der Waals surface area contributed by atoms with Crippen LogP contribution in [-0.2, 0) is 19.0 Å². The molecule has 2 atom stereocenters. The number of ether oxygens (including phenoxy) is 3. The van der Waals surface area contributed by atoms with Crippen molar-refractivity contribution < 1.29 is 23.8 Å². The van der Waals surface area contributed by atoms with Gasteiger partial charge in [0.1, 0.15) is 6.04 Å². The lowest BCUT2D eigenvalue weighted by Crippen LogP contribution is -2.53. The molecule has 2 aromatic rings. The first-order chi connectivity index (χ1) is 18.7.